The van der Waals surface area contributed by atoms with Gasteiger partial charge in [0.05, 0.1) is 16.9 Å². The van der Waals surface area contributed by atoms with Crippen LogP contribution in [0.1, 0.15) is 54.4 Å². The summed E-state index contributed by atoms with van der Waals surface area (Å²) in [7, 11) is 2.05. The number of carbonyl (C=O) groups excluding carboxylic acids is 1. The van der Waals surface area contributed by atoms with Gasteiger partial charge in [0, 0.05) is 24.1 Å². The van der Waals surface area contributed by atoms with E-state index in [1.807, 2.05) is 13.1 Å². The number of rotatable bonds is 2. The summed E-state index contributed by atoms with van der Waals surface area (Å²) in [5, 5.41) is 3.17. The maximum Gasteiger partial charge on any atom is 0.253 e. The van der Waals surface area contributed by atoms with Gasteiger partial charge in [0.2, 0.25) is 0 Å². The molecule has 1 aromatic rings. The van der Waals surface area contributed by atoms with Crippen molar-refractivity contribution in [2.75, 3.05) is 24.2 Å². The van der Waals surface area contributed by atoms with E-state index in [0.717, 1.165) is 42.4 Å². The number of fused-ring (bicyclic) bond motifs is 1. The molecule has 0 radical (unpaired) electrons. The molecule has 0 spiro atoms. The van der Waals surface area contributed by atoms with Crippen LogP contribution in [0, 0.1) is 0 Å². The smallest absolute Gasteiger partial charge is 0.253 e. The summed E-state index contributed by atoms with van der Waals surface area (Å²) in [5.41, 5.74) is 9.81. The van der Waals surface area contributed by atoms with Gasteiger partial charge in [-0.15, -0.1) is 0 Å². The Morgan fingerprint density at radius 3 is 2.77 bits per heavy atom. The van der Waals surface area contributed by atoms with E-state index in [1.54, 1.807) is 0 Å². The highest BCUT2D eigenvalue weighted by molar-refractivity contribution is 9.10. The van der Waals surface area contributed by atoms with E-state index < -0.39 is 0 Å². The molecule has 1 heterocycles. The summed E-state index contributed by atoms with van der Waals surface area (Å²) < 4.78 is 0.997. The van der Waals surface area contributed by atoms with Gasteiger partial charge in [-0.05, 0) is 37.3 Å². The number of amides is 1. The zero-order valence-electron chi connectivity index (χ0n) is 13.1. The minimum Gasteiger partial charge on any atom is -0.396 e. The molecule has 1 saturated carbocycles. The largest absolute Gasteiger partial charge is 0.396 e. The molecule has 1 fully saturated rings. The third-order valence-corrected chi connectivity index (χ3v) is 5.59. The van der Waals surface area contributed by atoms with Gasteiger partial charge < -0.3 is 16.0 Å². The van der Waals surface area contributed by atoms with Crippen LogP contribution in [0.15, 0.2) is 10.5 Å². The first-order valence-electron chi connectivity index (χ1n) is 8.20. The number of halogens is 1. The summed E-state index contributed by atoms with van der Waals surface area (Å²) in [6.45, 7) is 0.983. The summed E-state index contributed by atoms with van der Waals surface area (Å²) in [5.74, 6) is -0.0353. The van der Waals surface area contributed by atoms with Gasteiger partial charge in [-0.1, -0.05) is 35.2 Å². The predicted octanol–water partition coefficient (Wildman–Crippen LogP) is 3.48. The first-order valence-corrected chi connectivity index (χ1v) is 9.00. The molecule has 1 amide bonds. The Morgan fingerprint density at radius 1 is 1.32 bits per heavy atom. The van der Waals surface area contributed by atoms with Crippen LogP contribution in [-0.2, 0) is 6.42 Å². The number of nitrogens with zero attached hydrogens (tertiary/aromatic N) is 1. The lowest BCUT2D eigenvalue weighted by atomic mass is 9.94. The van der Waals surface area contributed by atoms with Crippen LogP contribution in [0.4, 0.5) is 11.4 Å². The van der Waals surface area contributed by atoms with Gasteiger partial charge >= 0.3 is 0 Å². The fourth-order valence-electron chi connectivity index (χ4n) is 3.67. The highest BCUT2D eigenvalue weighted by atomic mass is 79.9. The number of carbonyl (C=O) groups is 1. The minimum absolute atomic E-state index is 0.0353. The molecule has 1 aliphatic heterocycles. The minimum atomic E-state index is -0.0353. The molecule has 0 bridgehead atoms. The van der Waals surface area contributed by atoms with Crippen LogP contribution in [0.5, 0.6) is 0 Å². The average Bonchev–Trinajstić information content (AvgIpc) is 2.51. The fourth-order valence-corrected chi connectivity index (χ4v) is 4.29. The van der Waals surface area contributed by atoms with Crippen LogP contribution < -0.4 is 16.0 Å². The summed E-state index contributed by atoms with van der Waals surface area (Å²) in [6, 6.07) is 2.19. The van der Waals surface area contributed by atoms with Crippen molar-refractivity contribution < 1.29 is 4.79 Å². The van der Waals surface area contributed by atoms with E-state index in [0.29, 0.717) is 17.3 Å². The molecular formula is C17H24BrN3O. The molecule has 0 saturated heterocycles. The van der Waals surface area contributed by atoms with Crippen molar-refractivity contribution in [2.45, 2.75) is 51.0 Å². The second-order valence-corrected chi connectivity index (χ2v) is 7.33. The molecule has 3 N–H and O–H groups in total. The van der Waals surface area contributed by atoms with Crippen LogP contribution in [-0.4, -0.2) is 25.5 Å². The highest BCUT2D eigenvalue weighted by Gasteiger charge is 2.25. The van der Waals surface area contributed by atoms with Crippen molar-refractivity contribution in [1.82, 2.24) is 5.32 Å². The number of nitrogens with one attached hydrogen (secondary N) is 1. The van der Waals surface area contributed by atoms with E-state index in [9.17, 15) is 4.79 Å². The van der Waals surface area contributed by atoms with E-state index in [4.69, 9.17) is 5.73 Å². The molecule has 5 heteroatoms. The SMILES string of the molecule is CN1CCCc2c(Br)cc(C(=O)NC3CCCCC3)c(N)c21. The highest BCUT2D eigenvalue weighted by Crippen LogP contribution is 2.39. The van der Waals surface area contributed by atoms with Crippen molar-refractivity contribution in [3.8, 4) is 0 Å². The summed E-state index contributed by atoms with van der Waals surface area (Å²) in [4.78, 5) is 14.8. The van der Waals surface area contributed by atoms with Gasteiger partial charge in [-0.25, -0.2) is 0 Å². The molecular weight excluding hydrogens is 342 g/mol. The second-order valence-electron chi connectivity index (χ2n) is 6.48. The predicted molar refractivity (Wildman–Crippen MR) is 94.5 cm³/mol. The standard InChI is InChI=1S/C17H24BrN3O/c1-21-9-5-8-12-14(18)10-13(15(19)16(12)21)17(22)20-11-6-3-2-4-7-11/h10-11H,2-9,19H2,1H3,(H,20,22). The Labute approximate surface area is 140 Å². The average molecular weight is 366 g/mol. The quantitative estimate of drug-likeness (QED) is 0.788. The maximum absolute atomic E-state index is 12.6. The molecule has 4 nitrogen and oxygen atoms in total. The molecule has 0 aromatic heterocycles. The topological polar surface area (TPSA) is 58.4 Å². The molecule has 120 valence electrons. The zero-order chi connectivity index (χ0) is 15.7. The number of benzene rings is 1. The van der Waals surface area contributed by atoms with Crippen molar-refractivity contribution in [3.05, 3.63) is 21.7 Å². The third kappa shape index (κ3) is 2.96. The number of hydrogen-bond acceptors (Lipinski definition) is 3. The Bertz CT molecular complexity index is 582. The van der Waals surface area contributed by atoms with Crippen LogP contribution in [0.3, 0.4) is 0 Å². The summed E-state index contributed by atoms with van der Waals surface area (Å²) >= 11 is 3.63. The Kier molecular flexibility index (Phi) is 4.62. The lowest BCUT2D eigenvalue weighted by Crippen LogP contribution is -2.37. The van der Waals surface area contributed by atoms with Crippen molar-refractivity contribution in [1.29, 1.82) is 0 Å². The number of anilines is 2. The number of nitrogen functional groups attached to an aromatic ring is 1. The normalized spacial score (nSPS) is 18.9. The van der Waals surface area contributed by atoms with E-state index >= 15 is 0 Å². The van der Waals surface area contributed by atoms with Gasteiger partial charge in [0.15, 0.2) is 0 Å². The number of hydrogen-bond donors (Lipinski definition) is 2. The lowest BCUT2D eigenvalue weighted by molar-refractivity contribution is 0.0928. The van der Waals surface area contributed by atoms with Gasteiger partial charge in [0.25, 0.3) is 5.91 Å². The Hall–Kier alpha value is -1.23. The van der Waals surface area contributed by atoms with Crippen LogP contribution >= 0.6 is 15.9 Å². The molecule has 1 aliphatic carbocycles. The Morgan fingerprint density at radius 2 is 2.05 bits per heavy atom. The van der Waals surface area contributed by atoms with Gasteiger partial charge in [0.1, 0.15) is 0 Å². The fraction of sp³-hybridized carbons (Fsp3) is 0.588. The first kappa shape index (κ1) is 15.7. The second kappa shape index (κ2) is 6.49. The molecule has 1 aromatic carbocycles. The molecule has 22 heavy (non-hydrogen) atoms. The van der Waals surface area contributed by atoms with E-state index in [2.05, 4.69) is 26.1 Å². The van der Waals surface area contributed by atoms with Crippen molar-refractivity contribution in [3.63, 3.8) is 0 Å². The maximum atomic E-state index is 12.6. The summed E-state index contributed by atoms with van der Waals surface area (Å²) in [6.07, 6.45) is 7.98. The van der Waals surface area contributed by atoms with Gasteiger partial charge in [-0.2, -0.15) is 0 Å². The van der Waals surface area contributed by atoms with E-state index in [1.165, 1.54) is 24.8 Å². The molecule has 0 atom stereocenters. The Balaban J connectivity index is 1.88. The van der Waals surface area contributed by atoms with Crippen molar-refractivity contribution >= 4 is 33.2 Å². The van der Waals surface area contributed by atoms with Gasteiger partial charge in [-0.3, -0.25) is 4.79 Å². The van der Waals surface area contributed by atoms with E-state index in [-0.39, 0.29) is 5.91 Å². The first-order chi connectivity index (χ1) is 10.6. The van der Waals surface area contributed by atoms with Crippen LogP contribution in [0.25, 0.3) is 0 Å². The third-order valence-electron chi connectivity index (χ3n) is 4.88. The molecule has 2 aliphatic rings. The van der Waals surface area contributed by atoms with Crippen molar-refractivity contribution in [2.24, 2.45) is 0 Å². The zero-order valence-corrected chi connectivity index (χ0v) is 14.7. The lowest BCUT2D eigenvalue weighted by Gasteiger charge is -2.31. The monoisotopic (exact) mass is 365 g/mol. The molecule has 0 unspecified atom stereocenters. The molecule has 3 rings (SSSR count). The van der Waals surface area contributed by atoms with Crippen LogP contribution in [0.2, 0.25) is 0 Å². The number of nitrogens with two attached hydrogens (primary N) is 1.